The SMILES string of the molecule is [N-]=[N+]=NC[C@H](O)CN1CCCC2CCCCC21. The first-order valence-electron chi connectivity index (χ1n) is 6.74. The van der Waals surface area contributed by atoms with Crippen LogP contribution in [0.5, 0.6) is 0 Å². The number of aliphatic hydroxyl groups excluding tert-OH is 1. The van der Waals surface area contributed by atoms with E-state index in [2.05, 4.69) is 14.9 Å². The highest BCUT2D eigenvalue weighted by Gasteiger charge is 2.33. The van der Waals surface area contributed by atoms with E-state index in [-0.39, 0.29) is 6.54 Å². The summed E-state index contributed by atoms with van der Waals surface area (Å²) in [5.74, 6) is 0.837. The van der Waals surface area contributed by atoms with E-state index in [1.54, 1.807) is 0 Å². The van der Waals surface area contributed by atoms with Crippen LogP contribution in [0, 0.1) is 5.92 Å². The quantitative estimate of drug-likeness (QED) is 0.463. The van der Waals surface area contributed by atoms with Crippen LogP contribution in [0.4, 0.5) is 0 Å². The van der Waals surface area contributed by atoms with Gasteiger partial charge in [0.2, 0.25) is 0 Å². The molecule has 2 rings (SSSR count). The molecule has 1 aliphatic carbocycles. The molecule has 0 spiro atoms. The number of hydrogen-bond donors (Lipinski definition) is 1. The molecule has 0 radical (unpaired) electrons. The third-order valence-corrected chi connectivity index (χ3v) is 4.16. The molecule has 2 fully saturated rings. The molecule has 0 amide bonds. The molecule has 2 unspecified atom stereocenters. The Bertz CT molecular complexity index is 288. The zero-order valence-corrected chi connectivity index (χ0v) is 10.3. The second kappa shape index (κ2) is 6.24. The number of likely N-dealkylation sites (tertiary alicyclic amines) is 1. The van der Waals surface area contributed by atoms with Crippen LogP contribution in [-0.4, -0.2) is 41.8 Å². The van der Waals surface area contributed by atoms with Crippen molar-refractivity contribution < 1.29 is 5.11 Å². The number of nitrogens with zero attached hydrogens (tertiary/aromatic N) is 4. The van der Waals surface area contributed by atoms with Crippen LogP contribution in [0.25, 0.3) is 10.4 Å². The van der Waals surface area contributed by atoms with E-state index < -0.39 is 6.10 Å². The molecule has 0 aromatic heterocycles. The van der Waals surface area contributed by atoms with Gasteiger partial charge in [0, 0.05) is 17.5 Å². The van der Waals surface area contributed by atoms with E-state index >= 15 is 0 Å². The third kappa shape index (κ3) is 3.35. The van der Waals surface area contributed by atoms with Crippen LogP contribution in [0.15, 0.2) is 5.11 Å². The lowest BCUT2D eigenvalue weighted by molar-refractivity contribution is 0.0236. The highest BCUT2D eigenvalue weighted by molar-refractivity contribution is 4.88. The highest BCUT2D eigenvalue weighted by Crippen LogP contribution is 2.35. The van der Waals surface area contributed by atoms with E-state index in [9.17, 15) is 5.11 Å². The summed E-state index contributed by atoms with van der Waals surface area (Å²) in [5.41, 5.74) is 8.24. The fourth-order valence-corrected chi connectivity index (χ4v) is 3.41. The molecule has 0 aromatic carbocycles. The molecular formula is C12H22N4O. The number of β-amino-alcohol motifs (C(OH)–C–C–N with tert-alkyl or cyclic N) is 1. The van der Waals surface area contributed by atoms with Gasteiger partial charge in [0.25, 0.3) is 0 Å². The van der Waals surface area contributed by atoms with E-state index in [1.165, 1.54) is 38.5 Å². The van der Waals surface area contributed by atoms with Gasteiger partial charge in [0.1, 0.15) is 0 Å². The van der Waals surface area contributed by atoms with Crippen LogP contribution in [0.1, 0.15) is 38.5 Å². The van der Waals surface area contributed by atoms with Gasteiger partial charge in [0.15, 0.2) is 0 Å². The molecule has 1 aliphatic heterocycles. The number of azide groups is 1. The summed E-state index contributed by atoms with van der Waals surface area (Å²) in [6, 6.07) is 0.665. The summed E-state index contributed by atoms with van der Waals surface area (Å²) >= 11 is 0. The highest BCUT2D eigenvalue weighted by atomic mass is 16.3. The molecule has 1 saturated heterocycles. The van der Waals surface area contributed by atoms with Gasteiger partial charge in [-0.1, -0.05) is 18.0 Å². The predicted octanol–water partition coefficient (Wildman–Crippen LogP) is 2.31. The lowest BCUT2D eigenvalue weighted by Gasteiger charge is -2.44. The maximum absolute atomic E-state index is 9.82. The normalized spacial score (nSPS) is 31.4. The van der Waals surface area contributed by atoms with Crippen molar-refractivity contribution in [3.8, 4) is 0 Å². The van der Waals surface area contributed by atoms with Gasteiger partial charge in [-0.2, -0.15) is 0 Å². The first-order chi connectivity index (χ1) is 8.31. The van der Waals surface area contributed by atoms with Gasteiger partial charge in [-0.3, -0.25) is 4.90 Å². The second-order valence-corrected chi connectivity index (χ2v) is 5.32. The van der Waals surface area contributed by atoms with Gasteiger partial charge < -0.3 is 5.11 Å². The fraction of sp³-hybridized carbons (Fsp3) is 1.00. The van der Waals surface area contributed by atoms with Crippen molar-refractivity contribution in [2.45, 2.75) is 50.7 Å². The van der Waals surface area contributed by atoms with E-state index in [0.29, 0.717) is 12.6 Å². The standard InChI is InChI=1S/C12H22N4O/c13-15-14-8-11(17)9-16-7-3-5-10-4-1-2-6-12(10)16/h10-12,17H,1-9H2/t10?,11-,12?/m0/s1. The molecule has 2 aliphatic rings. The number of hydrogen-bond acceptors (Lipinski definition) is 3. The van der Waals surface area contributed by atoms with Crippen molar-refractivity contribution in [3.05, 3.63) is 10.4 Å². The van der Waals surface area contributed by atoms with Gasteiger partial charge in [-0.05, 0) is 43.7 Å². The zero-order valence-electron chi connectivity index (χ0n) is 10.3. The lowest BCUT2D eigenvalue weighted by Crippen LogP contribution is -2.49. The average molecular weight is 238 g/mol. The summed E-state index contributed by atoms with van der Waals surface area (Å²) in [6.45, 7) is 1.96. The topological polar surface area (TPSA) is 72.2 Å². The Kier molecular flexibility index (Phi) is 4.66. The fourth-order valence-electron chi connectivity index (χ4n) is 3.41. The van der Waals surface area contributed by atoms with Crippen molar-refractivity contribution >= 4 is 0 Å². The molecule has 0 bridgehead atoms. The zero-order chi connectivity index (χ0) is 12.1. The van der Waals surface area contributed by atoms with Crippen molar-refractivity contribution in [2.24, 2.45) is 11.0 Å². The third-order valence-electron chi connectivity index (χ3n) is 4.16. The summed E-state index contributed by atoms with van der Waals surface area (Å²) in [4.78, 5) is 5.12. The van der Waals surface area contributed by atoms with E-state index in [0.717, 1.165) is 12.5 Å². The Balaban J connectivity index is 1.87. The van der Waals surface area contributed by atoms with Crippen molar-refractivity contribution in [2.75, 3.05) is 19.6 Å². The van der Waals surface area contributed by atoms with Crippen LogP contribution < -0.4 is 0 Å². The van der Waals surface area contributed by atoms with Gasteiger partial charge in [-0.25, -0.2) is 0 Å². The molecule has 17 heavy (non-hydrogen) atoms. The minimum atomic E-state index is -0.508. The molecule has 1 heterocycles. The van der Waals surface area contributed by atoms with Crippen LogP contribution in [0.3, 0.4) is 0 Å². The van der Waals surface area contributed by atoms with Gasteiger partial charge in [0.05, 0.1) is 12.6 Å². The van der Waals surface area contributed by atoms with Gasteiger partial charge >= 0.3 is 0 Å². The first kappa shape index (κ1) is 12.7. The first-order valence-corrected chi connectivity index (χ1v) is 6.74. The lowest BCUT2D eigenvalue weighted by atomic mass is 9.78. The summed E-state index contributed by atoms with van der Waals surface area (Å²) < 4.78 is 0. The summed E-state index contributed by atoms with van der Waals surface area (Å²) in [5, 5.41) is 13.3. The molecule has 3 atom stereocenters. The molecular weight excluding hydrogens is 216 g/mol. The Hall–Kier alpha value is -0.770. The van der Waals surface area contributed by atoms with Crippen LogP contribution in [-0.2, 0) is 0 Å². The Morgan fingerprint density at radius 3 is 2.88 bits per heavy atom. The smallest absolute Gasteiger partial charge is 0.0723 e. The maximum Gasteiger partial charge on any atom is 0.0723 e. The van der Waals surface area contributed by atoms with Crippen LogP contribution >= 0.6 is 0 Å². The molecule has 1 N–H and O–H groups in total. The minimum Gasteiger partial charge on any atom is -0.392 e. The number of rotatable bonds is 4. The molecule has 1 saturated carbocycles. The molecule has 5 heteroatoms. The number of fused-ring (bicyclic) bond motifs is 1. The average Bonchev–Trinajstić information content (AvgIpc) is 2.37. The summed E-state index contributed by atoms with van der Waals surface area (Å²) in [7, 11) is 0. The summed E-state index contributed by atoms with van der Waals surface area (Å²) in [6.07, 6.45) is 7.42. The molecule has 5 nitrogen and oxygen atoms in total. The largest absolute Gasteiger partial charge is 0.392 e. The van der Waals surface area contributed by atoms with Crippen LogP contribution in [0.2, 0.25) is 0 Å². The minimum absolute atomic E-state index is 0.199. The van der Waals surface area contributed by atoms with Crippen molar-refractivity contribution in [1.82, 2.24) is 4.90 Å². The Morgan fingerprint density at radius 2 is 2.06 bits per heavy atom. The maximum atomic E-state index is 9.82. The van der Waals surface area contributed by atoms with Crippen molar-refractivity contribution in [3.63, 3.8) is 0 Å². The van der Waals surface area contributed by atoms with E-state index in [4.69, 9.17) is 5.53 Å². The number of aliphatic hydroxyl groups is 1. The Labute approximate surface area is 102 Å². The monoisotopic (exact) mass is 238 g/mol. The Morgan fingerprint density at radius 1 is 1.29 bits per heavy atom. The predicted molar refractivity (Wildman–Crippen MR) is 66.6 cm³/mol. The number of piperidine rings is 1. The van der Waals surface area contributed by atoms with Crippen molar-refractivity contribution in [1.29, 1.82) is 0 Å². The molecule has 96 valence electrons. The van der Waals surface area contributed by atoms with E-state index in [1.807, 2.05) is 0 Å². The van der Waals surface area contributed by atoms with Gasteiger partial charge in [-0.15, -0.1) is 0 Å². The molecule has 0 aromatic rings. The second-order valence-electron chi connectivity index (χ2n) is 5.32.